The van der Waals surface area contributed by atoms with Crippen molar-refractivity contribution < 1.29 is 4.79 Å². The average Bonchev–Trinajstić information content (AvgIpc) is 2.84. The summed E-state index contributed by atoms with van der Waals surface area (Å²) in [5, 5.41) is 12.3. The Hall–Kier alpha value is -1.61. The summed E-state index contributed by atoms with van der Waals surface area (Å²) < 4.78 is 0.944. The molecule has 1 amide bonds. The van der Waals surface area contributed by atoms with E-state index < -0.39 is 5.91 Å². The Bertz CT molecular complexity index is 701. The Morgan fingerprint density at radius 1 is 1.30 bits per heavy atom. The van der Waals surface area contributed by atoms with Gasteiger partial charge in [0, 0.05) is 15.6 Å². The summed E-state index contributed by atoms with van der Waals surface area (Å²) in [6.07, 6.45) is 1.56. The second-order valence-electron chi connectivity index (χ2n) is 3.77. The van der Waals surface area contributed by atoms with Gasteiger partial charge in [0.2, 0.25) is 0 Å². The van der Waals surface area contributed by atoms with Crippen molar-refractivity contribution in [1.82, 2.24) is 0 Å². The molecule has 1 heterocycles. The maximum Gasteiger partial charge on any atom is 0.266 e. The summed E-state index contributed by atoms with van der Waals surface area (Å²) >= 11 is 10.6. The van der Waals surface area contributed by atoms with Crippen LogP contribution in [0.2, 0.25) is 5.02 Å². The Kier molecular flexibility index (Phi) is 4.96. The molecule has 0 saturated carbocycles. The second-order valence-corrected chi connectivity index (χ2v) is 6.70. The molecule has 0 spiro atoms. The number of nitrogens with one attached hydrogen (secondary N) is 1. The van der Waals surface area contributed by atoms with Crippen molar-refractivity contribution >= 4 is 56.5 Å². The summed E-state index contributed by atoms with van der Waals surface area (Å²) in [6, 6.07) is 12.3. The van der Waals surface area contributed by atoms with Gasteiger partial charge in [-0.1, -0.05) is 11.6 Å². The van der Waals surface area contributed by atoms with Gasteiger partial charge in [-0.25, -0.2) is 0 Å². The van der Waals surface area contributed by atoms with Crippen LogP contribution in [0.25, 0.3) is 6.08 Å². The number of hydrogen-bond acceptors (Lipinski definition) is 3. The first-order valence-electron chi connectivity index (χ1n) is 5.52. The van der Waals surface area contributed by atoms with Gasteiger partial charge in [0.1, 0.15) is 11.6 Å². The van der Waals surface area contributed by atoms with E-state index in [2.05, 4.69) is 21.2 Å². The minimum absolute atomic E-state index is 0.0503. The zero-order valence-electron chi connectivity index (χ0n) is 10.1. The lowest BCUT2D eigenvalue weighted by Crippen LogP contribution is -2.13. The lowest BCUT2D eigenvalue weighted by molar-refractivity contribution is -0.112. The molecule has 2 rings (SSSR count). The van der Waals surface area contributed by atoms with Crippen molar-refractivity contribution in [3.05, 3.63) is 55.7 Å². The zero-order valence-corrected chi connectivity index (χ0v) is 13.2. The third-order valence-corrected chi connectivity index (χ3v) is 4.17. The number of rotatable bonds is 3. The number of carbonyl (C=O) groups is 1. The molecule has 0 radical (unpaired) electrons. The van der Waals surface area contributed by atoms with Crippen LogP contribution in [0, 0.1) is 11.3 Å². The van der Waals surface area contributed by atoms with Crippen molar-refractivity contribution in [2.75, 3.05) is 5.32 Å². The molecule has 0 fully saturated rings. The molecule has 0 saturated heterocycles. The average molecular weight is 368 g/mol. The summed E-state index contributed by atoms with van der Waals surface area (Å²) in [5.41, 5.74) is 0.641. The van der Waals surface area contributed by atoms with Gasteiger partial charge in [-0.3, -0.25) is 4.79 Å². The van der Waals surface area contributed by atoms with E-state index in [0.29, 0.717) is 10.7 Å². The number of halogens is 2. The normalized spacial score (nSPS) is 10.9. The molecule has 1 aromatic carbocycles. The number of benzene rings is 1. The standard InChI is InChI=1S/C14H8BrClN2OS/c15-13-6-5-12(20-13)7-9(8-17)14(19)18-11-3-1-10(16)2-4-11/h1-7H,(H,18,19). The highest BCUT2D eigenvalue weighted by molar-refractivity contribution is 9.11. The lowest BCUT2D eigenvalue weighted by atomic mass is 10.2. The molecular formula is C14H8BrClN2OS. The van der Waals surface area contributed by atoms with Crippen molar-refractivity contribution in [3.8, 4) is 6.07 Å². The SMILES string of the molecule is N#CC(=Cc1ccc(Br)s1)C(=O)Nc1ccc(Cl)cc1. The predicted molar refractivity (Wildman–Crippen MR) is 85.7 cm³/mol. The smallest absolute Gasteiger partial charge is 0.266 e. The molecule has 0 bridgehead atoms. The Labute approximate surface area is 133 Å². The highest BCUT2D eigenvalue weighted by Crippen LogP contribution is 2.24. The molecule has 0 unspecified atom stereocenters. The van der Waals surface area contributed by atoms with E-state index in [1.807, 2.05) is 18.2 Å². The number of hydrogen-bond donors (Lipinski definition) is 1. The highest BCUT2D eigenvalue weighted by atomic mass is 79.9. The monoisotopic (exact) mass is 366 g/mol. The van der Waals surface area contributed by atoms with Crippen LogP contribution in [0.3, 0.4) is 0 Å². The number of nitriles is 1. The number of thiophene rings is 1. The van der Waals surface area contributed by atoms with E-state index >= 15 is 0 Å². The zero-order chi connectivity index (χ0) is 14.5. The molecule has 6 heteroatoms. The largest absolute Gasteiger partial charge is 0.321 e. The molecule has 1 aromatic heterocycles. The molecule has 100 valence electrons. The third-order valence-electron chi connectivity index (χ3n) is 2.35. The predicted octanol–water partition coefficient (Wildman–Crippen LogP) is 4.71. The molecule has 20 heavy (non-hydrogen) atoms. The maximum absolute atomic E-state index is 12.0. The van der Waals surface area contributed by atoms with Crippen molar-refractivity contribution in [2.24, 2.45) is 0 Å². The maximum atomic E-state index is 12.0. The molecule has 0 aliphatic heterocycles. The molecule has 0 atom stereocenters. The molecule has 0 aliphatic carbocycles. The lowest BCUT2D eigenvalue weighted by Gasteiger charge is -2.03. The van der Waals surface area contributed by atoms with Gasteiger partial charge >= 0.3 is 0 Å². The van der Waals surface area contributed by atoms with E-state index in [1.165, 1.54) is 11.3 Å². The minimum Gasteiger partial charge on any atom is -0.321 e. The van der Waals surface area contributed by atoms with Gasteiger partial charge in [0.05, 0.1) is 3.79 Å². The van der Waals surface area contributed by atoms with Crippen LogP contribution in [0.4, 0.5) is 5.69 Å². The van der Waals surface area contributed by atoms with E-state index in [-0.39, 0.29) is 5.57 Å². The van der Waals surface area contributed by atoms with Crippen LogP contribution in [-0.2, 0) is 4.79 Å². The third kappa shape index (κ3) is 3.94. The summed E-state index contributed by atoms with van der Waals surface area (Å²) in [5.74, 6) is -0.445. The molecule has 3 nitrogen and oxygen atoms in total. The number of amides is 1. The van der Waals surface area contributed by atoms with Gasteiger partial charge < -0.3 is 5.32 Å². The number of carbonyl (C=O) groups excluding carboxylic acids is 1. The fourth-order valence-electron chi connectivity index (χ4n) is 1.43. The van der Waals surface area contributed by atoms with Crippen molar-refractivity contribution in [1.29, 1.82) is 5.26 Å². The molecule has 2 aromatic rings. The van der Waals surface area contributed by atoms with Crippen molar-refractivity contribution in [3.63, 3.8) is 0 Å². The van der Waals surface area contributed by atoms with Crippen LogP contribution in [0.5, 0.6) is 0 Å². The fraction of sp³-hybridized carbons (Fsp3) is 0. The fourth-order valence-corrected chi connectivity index (χ4v) is 2.92. The highest BCUT2D eigenvalue weighted by Gasteiger charge is 2.10. The summed E-state index contributed by atoms with van der Waals surface area (Å²) in [4.78, 5) is 12.8. The van der Waals surface area contributed by atoms with Gasteiger partial charge in [-0.2, -0.15) is 5.26 Å². The van der Waals surface area contributed by atoms with E-state index in [0.717, 1.165) is 8.66 Å². The molecule has 1 N–H and O–H groups in total. The molecular weight excluding hydrogens is 360 g/mol. The van der Waals surface area contributed by atoms with E-state index in [9.17, 15) is 4.79 Å². The Balaban J connectivity index is 2.16. The van der Waals surface area contributed by atoms with Crippen LogP contribution >= 0.6 is 38.9 Å². The van der Waals surface area contributed by atoms with E-state index in [4.69, 9.17) is 16.9 Å². The van der Waals surface area contributed by atoms with Crippen LogP contribution < -0.4 is 5.32 Å². The summed E-state index contributed by atoms with van der Waals surface area (Å²) in [6.45, 7) is 0. The van der Waals surface area contributed by atoms with Crippen LogP contribution in [0.1, 0.15) is 4.88 Å². The topological polar surface area (TPSA) is 52.9 Å². The van der Waals surface area contributed by atoms with Crippen LogP contribution in [-0.4, -0.2) is 5.91 Å². The number of anilines is 1. The quantitative estimate of drug-likeness (QED) is 0.631. The van der Waals surface area contributed by atoms with Gasteiger partial charge in [0.25, 0.3) is 5.91 Å². The minimum atomic E-state index is -0.445. The van der Waals surface area contributed by atoms with Gasteiger partial charge in [-0.15, -0.1) is 11.3 Å². The summed E-state index contributed by atoms with van der Waals surface area (Å²) in [7, 11) is 0. The van der Waals surface area contributed by atoms with Gasteiger partial charge in [-0.05, 0) is 58.4 Å². The second kappa shape index (κ2) is 6.71. The Morgan fingerprint density at radius 3 is 2.55 bits per heavy atom. The van der Waals surface area contributed by atoms with Gasteiger partial charge in [0.15, 0.2) is 0 Å². The first-order valence-corrected chi connectivity index (χ1v) is 7.51. The van der Waals surface area contributed by atoms with Crippen LogP contribution in [0.15, 0.2) is 45.8 Å². The first kappa shape index (κ1) is 14.8. The first-order chi connectivity index (χ1) is 9.58. The molecule has 0 aliphatic rings. The van der Waals surface area contributed by atoms with E-state index in [1.54, 1.807) is 30.3 Å². The number of nitrogens with zero attached hydrogens (tertiary/aromatic N) is 1. The van der Waals surface area contributed by atoms with Crippen molar-refractivity contribution in [2.45, 2.75) is 0 Å². The Morgan fingerprint density at radius 2 is 2.00 bits per heavy atom.